The summed E-state index contributed by atoms with van der Waals surface area (Å²) in [5.74, 6) is 0. The number of benzene rings is 2. The third kappa shape index (κ3) is 2.73. The van der Waals surface area contributed by atoms with Crippen LogP contribution >= 0.6 is 11.6 Å². The molecular weight excluding hydrogens is 314 g/mol. The lowest BCUT2D eigenvalue weighted by molar-refractivity contribution is 0.528. The largest absolute Gasteiger partial charge is 0.399 e. The Balaban J connectivity index is 2.03. The number of nitrogens with zero attached hydrogens (tertiary/aromatic N) is 4. The molecule has 0 bridgehead atoms. The van der Waals surface area contributed by atoms with Gasteiger partial charge in [-0.1, -0.05) is 35.9 Å². The highest BCUT2D eigenvalue weighted by Crippen LogP contribution is 2.21. The molecule has 1 aromatic heterocycles. The van der Waals surface area contributed by atoms with Gasteiger partial charge in [0, 0.05) is 5.69 Å². The van der Waals surface area contributed by atoms with Gasteiger partial charge in [0.15, 0.2) is 0 Å². The van der Waals surface area contributed by atoms with Crippen molar-refractivity contribution in [1.82, 2.24) is 19.8 Å². The van der Waals surface area contributed by atoms with Crippen molar-refractivity contribution in [2.75, 3.05) is 5.73 Å². The van der Waals surface area contributed by atoms with Crippen molar-refractivity contribution >= 4 is 17.3 Å². The third-order valence-electron chi connectivity index (χ3n) is 3.83. The fourth-order valence-electron chi connectivity index (χ4n) is 2.37. The molecule has 0 amide bonds. The predicted octanol–water partition coefficient (Wildman–Crippen LogP) is 2.58. The second kappa shape index (κ2) is 5.89. The lowest BCUT2D eigenvalue weighted by atomic mass is 10.0. The van der Waals surface area contributed by atoms with Crippen molar-refractivity contribution in [3.8, 4) is 5.69 Å². The maximum absolute atomic E-state index is 12.6. The van der Waals surface area contributed by atoms with E-state index in [4.69, 9.17) is 17.3 Å². The van der Waals surface area contributed by atoms with E-state index in [0.29, 0.717) is 16.4 Å². The number of tetrazole rings is 1. The molecule has 118 valence electrons. The number of aromatic nitrogens is 4. The molecule has 2 N–H and O–H groups in total. The van der Waals surface area contributed by atoms with Gasteiger partial charge in [-0.15, -0.1) is 0 Å². The van der Waals surface area contributed by atoms with Crippen LogP contribution in [0.15, 0.2) is 47.3 Å². The first-order chi connectivity index (χ1) is 11.0. The number of rotatable bonds is 3. The van der Waals surface area contributed by atoms with Gasteiger partial charge in [0.1, 0.15) is 0 Å². The molecular formula is C16H16ClN5O. The predicted molar refractivity (Wildman–Crippen MR) is 90.0 cm³/mol. The average Bonchev–Trinajstić information content (AvgIpc) is 2.91. The Morgan fingerprint density at radius 1 is 1.17 bits per heavy atom. The molecule has 0 fully saturated rings. The minimum absolute atomic E-state index is 0.266. The highest BCUT2D eigenvalue weighted by atomic mass is 35.5. The maximum Gasteiger partial charge on any atom is 0.369 e. The highest BCUT2D eigenvalue weighted by Gasteiger charge is 2.17. The van der Waals surface area contributed by atoms with Gasteiger partial charge < -0.3 is 5.73 Å². The van der Waals surface area contributed by atoms with E-state index in [1.54, 1.807) is 24.3 Å². The Hall–Kier alpha value is -2.60. The zero-order valence-corrected chi connectivity index (χ0v) is 13.5. The minimum Gasteiger partial charge on any atom is -0.399 e. The van der Waals surface area contributed by atoms with Gasteiger partial charge in [-0.3, -0.25) is 0 Å². The van der Waals surface area contributed by atoms with Crippen LogP contribution < -0.4 is 11.4 Å². The molecule has 1 unspecified atom stereocenters. The van der Waals surface area contributed by atoms with Gasteiger partial charge in [0.2, 0.25) is 0 Å². The summed E-state index contributed by atoms with van der Waals surface area (Å²) >= 11 is 6.12. The lowest BCUT2D eigenvalue weighted by Crippen LogP contribution is -2.27. The molecule has 0 aliphatic carbocycles. The van der Waals surface area contributed by atoms with E-state index in [9.17, 15) is 4.79 Å². The molecule has 0 saturated heterocycles. The van der Waals surface area contributed by atoms with Crippen LogP contribution in [0.2, 0.25) is 5.02 Å². The van der Waals surface area contributed by atoms with E-state index in [2.05, 4.69) is 10.4 Å². The number of halogens is 1. The molecule has 1 atom stereocenters. The van der Waals surface area contributed by atoms with E-state index in [1.165, 1.54) is 9.36 Å². The summed E-state index contributed by atoms with van der Waals surface area (Å²) in [6.07, 6.45) is 0. The Kier molecular flexibility index (Phi) is 3.92. The van der Waals surface area contributed by atoms with E-state index in [1.807, 2.05) is 32.0 Å². The van der Waals surface area contributed by atoms with E-state index in [-0.39, 0.29) is 11.7 Å². The number of hydrogen-bond acceptors (Lipinski definition) is 4. The van der Waals surface area contributed by atoms with Crippen molar-refractivity contribution in [1.29, 1.82) is 0 Å². The van der Waals surface area contributed by atoms with Crippen LogP contribution in [-0.4, -0.2) is 19.8 Å². The van der Waals surface area contributed by atoms with Gasteiger partial charge >= 0.3 is 5.69 Å². The smallest absolute Gasteiger partial charge is 0.369 e. The lowest BCUT2D eigenvalue weighted by Gasteiger charge is -2.12. The van der Waals surface area contributed by atoms with Crippen LogP contribution in [0.1, 0.15) is 24.1 Å². The maximum atomic E-state index is 12.6. The Bertz CT molecular complexity index is 915. The molecule has 23 heavy (non-hydrogen) atoms. The minimum atomic E-state index is -0.347. The molecule has 0 spiro atoms. The first kappa shape index (κ1) is 15.3. The zero-order chi connectivity index (χ0) is 16.6. The summed E-state index contributed by atoms with van der Waals surface area (Å²) < 4.78 is 2.53. The molecule has 6 nitrogen and oxygen atoms in total. The normalized spacial score (nSPS) is 12.3. The van der Waals surface area contributed by atoms with Crippen LogP contribution in [0.25, 0.3) is 5.69 Å². The molecule has 2 aromatic carbocycles. The summed E-state index contributed by atoms with van der Waals surface area (Å²) in [6, 6.07) is 12.4. The van der Waals surface area contributed by atoms with Gasteiger partial charge in [-0.05, 0) is 53.6 Å². The number of nitrogens with two attached hydrogens (primary N) is 1. The first-order valence-corrected chi connectivity index (χ1v) is 7.52. The van der Waals surface area contributed by atoms with Gasteiger partial charge in [0.25, 0.3) is 0 Å². The molecule has 0 aliphatic rings. The fourth-order valence-corrected chi connectivity index (χ4v) is 2.59. The van der Waals surface area contributed by atoms with Crippen LogP contribution in [0, 0.1) is 6.92 Å². The number of anilines is 1. The average molecular weight is 330 g/mol. The summed E-state index contributed by atoms with van der Waals surface area (Å²) in [5.41, 5.74) is 8.61. The number of hydrogen-bond donors (Lipinski definition) is 1. The molecule has 0 saturated carbocycles. The fraction of sp³-hybridized carbons (Fsp3) is 0.188. The summed E-state index contributed by atoms with van der Waals surface area (Å²) in [4.78, 5) is 12.6. The molecule has 1 heterocycles. The third-order valence-corrected chi connectivity index (χ3v) is 4.15. The molecule has 7 heteroatoms. The number of nitrogen functional groups attached to an aromatic ring is 1. The summed E-state index contributed by atoms with van der Waals surface area (Å²) in [7, 11) is 0. The number of aryl methyl sites for hydroxylation is 1. The number of para-hydroxylation sites is 1. The van der Waals surface area contributed by atoms with Crippen LogP contribution in [0.4, 0.5) is 5.69 Å². The van der Waals surface area contributed by atoms with Crippen molar-refractivity contribution in [2.45, 2.75) is 19.9 Å². The van der Waals surface area contributed by atoms with Gasteiger partial charge in [0.05, 0.1) is 16.8 Å². The van der Waals surface area contributed by atoms with Gasteiger partial charge in [-0.2, -0.15) is 9.36 Å². The molecule has 3 rings (SSSR count). The summed E-state index contributed by atoms with van der Waals surface area (Å²) in [5, 5.41) is 8.37. The van der Waals surface area contributed by atoms with Crippen LogP contribution in [0.5, 0.6) is 0 Å². The Morgan fingerprint density at radius 2 is 1.91 bits per heavy atom. The van der Waals surface area contributed by atoms with Crippen molar-refractivity contribution in [3.05, 3.63) is 69.1 Å². The second-order valence-corrected chi connectivity index (χ2v) is 5.77. The van der Waals surface area contributed by atoms with Crippen molar-refractivity contribution < 1.29 is 0 Å². The van der Waals surface area contributed by atoms with Crippen molar-refractivity contribution in [2.24, 2.45) is 0 Å². The monoisotopic (exact) mass is 329 g/mol. The van der Waals surface area contributed by atoms with E-state index in [0.717, 1.165) is 11.1 Å². The summed E-state index contributed by atoms with van der Waals surface area (Å²) in [6.45, 7) is 3.81. The Labute approximate surface area is 138 Å². The van der Waals surface area contributed by atoms with Gasteiger partial charge in [-0.25, -0.2) is 4.79 Å². The highest BCUT2D eigenvalue weighted by molar-refractivity contribution is 6.32. The van der Waals surface area contributed by atoms with Crippen LogP contribution in [0.3, 0.4) is 0 Å². The first-order valence-electron chi connectivity index (χ1n) is 7.14. The quantitative estimate of drug-likeness (QED) is 0.749. The van der Waals surface area contributed by atoms with E-state index < -0.39 is 0 Å². The van der Waals surface area contributed by atoms with Crippen LogP contribution in [-0.2, 0) is 0 Å². The zero-order valence-electron chi connectivity index (χ0n) is 12.8. The Morgan fingerprint density at radius 3 is 2.61 bits per heavy atom. The molecule has 0 radical (unpaired) electrons. The molecule has 0 aliphatic heterocycles. The molecule has 3 aromatic rings. The van der Waals surface area contributed by atoms with E-state index >= 15 is 0 Å². The second-order valence-electron chi connectivity index (χ2n) is 5.36. The van der Waals surface area contributed by atoms with Crippen molar-refractivity contribution in [3.63, 3.8) is 0 Å². The standard InChI is InChI=1S/C16H16ClN5O/c1-10-9-12(7-8-14(10)18)11(2)21-16(23)22(20-19-21)15-6-4-3-5-13(15)17/h3-9,11H,18H2,1-2H3. The SMILES string of the molecule is Cc1cc(C(C)n2nnn(-c3ccccc3Cl)c2=O)ccc1N. The topological polar surface area (TPSA) is 78.7 Å².